The highest BCUT2D eigenvalue weighted by molar-refractivity contribution is 6.21. The molecule has 6 heteroatoms. The van der Waals surface area contributed by atoms with Crippen LogP contribution in [0.3, 0.4) is 0 Å². The maximum Gasteiger partial charge on any atom is 0.180 e. The molecular weight excluding hydrogens is 564 g/mol. The molecule has 0 spiro atoms. The van der Waals surface area contributed by atoms with Gasteiger partial charge < -0.3 is 0 Å². The van der Waals surface area contributed by atoms with Crippen molar-refractivity contribution in [2.75, 3.05) is 10.0 Å². The minimum atomic E-state index is 0.679. The van der Waals surface area contributed by atoms with Crippen LogP contribution in [-0.4, -0.2) is 11.7 Å². The zero-order valence-corrected chi connectivity index (χ0v) is 24.7. The minimum Gasteiger partial charge on any atom is -0.229 e. The van der Waals surface area contributed by atoms with Gasteiger partial charge in [0.15, 0.2) is 11.7 Å². The Balaban J connectivity index is 1.25. The number of nitrogens with zero attached hydrogens (tertiary/aromatic N) is 6. The molecule has 46 heavy (non-hydrogen) atoms. The first-order chi connectivity index (χ1) is 22.8. The third-order valence-electron chi connectivity index (χ3n) is 8.43. The average molecular weight is 591 g/mol. The van der Waals surface area contributed by atoms with Crippen molar-refractivity contribution in [3.63, 3.8) is 0 Å². The number of hydrazone groups is 2. The van der Waals surface area contributed by atoms with Gasteiger partial charge in [-0.1, -0.05) is 121 Å². The largest absolute Gasteiger partial charge is 0.229 e. The highest BCUT2D eigenvalue weighted by Crippen LogP contribution is 2.47. The van der Waals surface area contributed by atoms with E-state index in [4.69, 9.17) is 20.8 Å². The van der Waals surface area contributed by atoms with Gasteiger partial charge in [-0.15, -0.1) is 10.2 Å². The van der Waals surface area contributed by atoms with Crippen LogP contribution in [0.1, 0.15) is 11.1 Å². The molecule has 0 saturated heterocycles. The molecule has 0 bridgehead atoms. The van der Waals surface area contributed by atoms with Gasteiger partial charge >= 0.3 is 0 Å². The number of rotatable bonds is 4. The van der Waals surface area contributed by atoms with Gasteiger partial charge in [-0.05, 0) is 47.2 Å². The van der Waals surface area contributed by atoms with Crippen molar-refractivity contribution in [3.05, 3.63) is 169 Å². The third-order valence-corrected chi connectivity index (χ3v) is 8.43. The molecule has 7 aromatic carbocycles. The number of hydrogen-bond acceptors (Lipinski definition) is 4. The normalized spacial score (nSPS) is 13.7. The second kappa shape index (κ2) is 10.6. The van der Waals surface area contributed by atoms with E-state index in [1.54, 1.807) is 0 Å². The Labute approximate surface area is 266 Å². The van der Waals surface area contributed by atoms with E-state index in [1.807, 2.05) is 107 Å². The quantitative estimate of drug-likeness (QED) is 0.192. The molecule has 0 fully saturated rings. The van der Waals surface area contributed by atoms with Gasteiger partial charge in [0.05, 0.1) is 34.1 Å². The summed E-state index contributed by atoms with van der Waals surface area (Å²) in [6, 6.07) is 53.7. The SMILES string of the molecule is c1ccc(C2=NN(c3ccccc3)c3c(ccc4c3ccc3c5c(ccc34)[N]C(c3ccccc3)=NN5c3ccccc3)[N]2)cc1. The predicted octanol–water partition coefficient (Wildman–Crippen LogP) is 9.49. The fourth-order valence-electron chi connectivity index (χ4n) is 6.29. The van der Waals surface area contributed by atoms with Crippen LogP contribution in [0.15, 0.2) is 168 Å². The van der Waals surface area contributed by atoms with E-state index in [9.17, 15) is 0 Å². The van der Waals surface area contributed by atoms with Gasteiger partial charge in [0.1, 0.15) is 0 Å². The zero-order valence-electron chi connectivity index (χ0n) is 24.7. The Kier molecular flexibility index (Phi) is 6.03. The van der Waals surface area contributed by atoms with Gasteiger partial charge in [-0.3, -0.25) is 0 Å². The topological polar surface area (TPSA) is 59.4 Å². The first-order valence-electron chi connectivity index (χ1n) is 15.3. The zero-order chi connectivity index (χ0) is 30.5. The molecule has 0 aromatic heterocycles. The standard InChI is InChI=1S/C40H26N6/c1-5-13-27(14-6-1)39-41-35-25-23-31-32-24-26-36-38(34(32)22-21-33(31)37(35)45(43-39)29-17-9-3-10-18-29)46(30-19-11-4-12-20-30)44-40(42-36)28-15-7-2-8-16-28/h1-26H. The molecule has 6 nitrogen and oxygen atoms in total. The molecule has 0 atom stereocenters. The van der Waals surface area contributed by atoms with Gasteiger partial charge in [0.2, 0.25) is 0 Å². The molecule has 0 aliphatic carbocycles. The smallest absolute Gasteiger partial charge is 0.180 e. The molecule has 0 amide bonds. The number of benzene rings is 7. The number of amidine groups is 2. The molecule has 2 aliphatic rings. The number of anilines is 4. The summed E-state index contributed by atoms with van der Waals surface area (Å²) in [5.41, 5.74) is 7.55. The summed E-state index contributed by atoms with van der Waals surface area (Å²) in [6.07, 6.45) is 0. The van der Waals surface area contributed by atoms with E-state index in [0.29, 0.717) is 11.7 Å². The van der Waals surface area contributed by atoms with Gasteiger partial charge in [0, 0.05) is 21.9 Å². The lowest BCUT2D eigenvalue weighted by Gasteiger charge is -2.30. The summed E-state index contributed by atoms with van der Waals surface area (Å²) in [7, 11) is 0. The van der Waals surface area contributed by atoms with E-state index in [1.165, 1.54) is 0 Å². The van der Waals surface area contributed by atoms with Crippen LogP contribution in [0.25, 0.3) is 21.5 Å². The predicted molar refractivity (Wildman–Crippen MR) is 188 cm³/mol. The Morgan fingerprint density at radius 3 is 1.07 bits per heavy atom. The second-order valence-electron chi connectivity index (χ2n) is 11.2. The number of hydrogen-bond donors (Lipinski definition) is 0. The lowest BCUT2D eigenvalue weighted by Crippen LogP contribution is -2.26. The average Bonchev–Trinajstić information content (AvgIpc) is 3.14. The molecule has 0 saturated carbocycles. The van der Waals surface area contributed by atoms with E-state index in [2.05, 4.69) is 60.7 Å². The van der Waals surface area contributed by atoms with Crippen molar-refractivity contribution in [1.29, 1.82) is 0 Å². The Morgan fingerprint density at radius 1 is 0.326 bits per heavy atom. The molecule has 0 unspecified atom stereocenters. The molecule has 7 aromatic rings. The molecule has 9 rings (SSSR count). The van der Waals surface area contributed by atoms with Crippen LogP contribution >= 0.6 is 0 Å². The molecule has 0 N–H and O–H groups in total. The molecule has 2 heterocycles. The summed E-state index contributed by atoms with van der Waals surface area (Å²) >= 11 is 0. The summed E-state index contributed by atoms with van der Waals surface area (Å²) in [5, 5.41) is 28.7. The van der Waals surface area contributed by atoms with Crippen LogP contribution in [0, 0.1) is 0 Å². The molecule has 216 valence electrons. The van der Waals surface area contributed by atoms with Crippen molar-refractivity contribution in [3.8, 4) is 0 Å². The highest BCUT2D eigenvalue weighted by atomic mass is 15.5. The van der Waals surface area contributed by atoms with Gasteiger partial charge in [0.25, 0.3) is 0 Å². The number of fused-ring (bicyclic) bond motifs is 7. The van der Waals surface area contributed by atoms with Crippen molar-refractivity contribution >= 4 is 67.3 Å². The maximum atomic E-state index is 5.10. The van der Waals surface area contributed by atoms with Crippen molar-refractivity contribution in [2.45, 2.75) is 0 Å². The molecular formula is C40H26N6. The highest BCUT2D eigenvalue weighted by Gasteiger charge is 2.28. The first kappa shape index (κ1) is 26.0. The molecule has 2 aliphatic heterocycles. The van der Waals surface area contributed by atoms with Crippen LogP contribution in [0.2, 0.25) is 0 Å². The summed E-state index contributed by atoms with van der Waals surface area (Å²) in [5.74, 6) is 1.36. The summed E-state index contributed by atoms with van der Waals surface area (Å²) in [6.45, 7) is 0. The first-order valence-corrected chi connectivity index (χ1v) is 15.3. The van der Waals surface area contributed by atoms with Gasteiger partial charge in [-0.2, -0.15) is 0 Å². The van der Waals surface area contributed by atoms with E-state index < -0.39 is 0 Å². The van der Waals surface area contributed by atoms with Crippen molar-refractivity contribution in [2.24, 2.45) is 10.2 Å². The van der Waals surface area contributed by atoms with E-state index in [0.717, 1.165) is 66.8 Å². The Bertz CT molecular complexity index is 2130. The van der Waals surface area contributed by atoms with Crippen molar-refractivity contribution < 1.29 is 0 Å². The Hall–Kier alpha value is -6.40. The van der Waals surface area contributed by atoms with Crippen molar-refractivity contribution in [1.82, 2.24) is 10.6 Å². The summed E-state index contributed by atoms with van der Waals surface area (Å²) < 4.78 is 0. The van der Waals surface area contributed by atoms with Gasteiger partial charge in [-0.25, -0.2) is 20.7 Å². The van der Waals surface area contributed by atoms with Crippen LogP contribution < -0.4 is 20.7 Å². The third kappa shape index (κ3) is 4.27. The van der Waals surface area contributed by atoms with Crippen LogP contribution in [0.4, 0.5) is 34.1 Å². The minimum absolute atomic E-state index is 0.679. The van der Waals surface area contributed by atoms with Crippen LogP contribution in [-0.2, 0) is 0 Å². The van der Waals surface area contributed by atoms with Crippen LogP contribution in [0.5, 0.6) is 0 Å². The van der Waals surface area contributed by atoms with E-state index in [-0.39, 0.29) is 0 Å². The Morgan fingerprint density at radius 2 is 0.674 bits per heavy atom. The summed E-state index contributed by atoms with van der Waals surface area (Å²) in [4.78, 5) is 0. The van der Waals surface area contributed by atoms with E-state index >= 15 is 0 Å². The lowest BCUT2D eigenvalue weighted by molar-refractivity contribution is 1.01. The number of para-hydroxylation sites is 2. The monoisotopic (exact) mass is 590 g/mol. The molecule has 2 radical (unpaired) electrons. The maximum absolute atomic E-state index is 5.10. The lowest BCUT2D eigenvalue weighted by atomic mass is 9.96. The fraction of sp³-hybridized carbons (Fsp3) is 0. The fourth-order valence-corrected chi connectivity index (χ4v) is 6.29. The second-order valence-corrected chi connectivity index (χ2v) is 11.2.